The molecule has 38 heavy (non-hydrogen) atoms. The fourth-order valence-corrected chi connectivity index (χ4v) is 5.20. The Balaban J connectivity index is 1.20. The van der Waals surface area contributed by atoms with Crippen LogP contribution < -0.4 is 9.64 Å². The van der Waals surface area contributed by atoms with Gasteiger partial charge in [0.2, 0.25) is 0 Å². The Labute approximate surface area is 224 Å². The predicted molar refractivity (Wildman–Crippen MR) is 152 cm³/mol. The zero-order chi connectivity index (χ0) is 26.3. The smallest absolute Gasteiger partial charge is 0.123 e. The van der Waals surface area contributed by atoms with Crippen LogP contribution in [0.2, 0.25) is 0 Å². The summed E-state index contributed by atoms with van der Waals surface area (Å²) in [4.78, 5) is 4.64. The third kappa shape index (κ3) is 6.53. The highest BCUT2D eigenvalue weighted by Crippen LogP contribution is 2.37. The molecule has 5 heteroatoms. The van der Waals surface area contributed by atoms with E-state index < -0.39 is 0 Å². The first-order chi connectivity index (χ1) is 18.5. The Morgan fingerprint density at radius 1 is 0.895 bits per heavy atom. The molecule has 0 spiro atoms. The number of phenolic OH excluding ortho intramolecular Hbond substituents is 1. The number of ether oxygens (including phenoxy) is 1. The molecule has 1 aliphatic rings. The standard InChI is InChI=1S/C33H35FN2O2/c1-35(19-17-25-5-3-2-4-6-25)21-22-38-31-14-7-26(8-15-31)23-33-32-16-13-30(37)24-27(32)18-20-36(33)29-11-9-28(34)10-12-29/h2-16,24,33,37H,17-23H2,1H3. The monoisotopic (exact) mass is 510 g/mol. The molecule has 196 valence electrons. The molecule has 0 saturated carbocycles. The van der Waals surface area contributed by atoms with Crippen molar-refractivity contribution in [3.05, 3.63) is 125 Å². The van der Waals surface area contributed by atoms with Gasteiger partial charge in [0, 0.05) is 25.3 Å². The van der Waals surface area contributed by atoms with E-state index in [1.807, 2.05) is 42.5 Å². The average molecular weight is 511 g/mol. The number of hydrogen-bond donors (Lipinski definition) is 1. The number of hydrogen-bond acceptors (Lipinski definition) is 4. The maximum absolute atomic E-state index is 13.6. The Hall–Kier alpha value is -3.83. The Kier molecular flexibility index (Phi) is 8.25. The van der Waals surface area contributed by atoms with Crippen LogP contribution in [0.15, 0.2) is 97.1 Å². The van der Waals surface area contributed by atoms with Crippen molar-refractivity contribution in [3.63, 3.8) is 0 Å². The van der Waals surface area contributed by atoms with E-state index in [1.165, 1.54) is 34.4 Å². The van der Waals surface area contributed by atoms with Gasteiger partial charge in [0.25, 0.3) is 0 Å². The molecule has 0 aliphatic carbocycles. The number of benzene rings is 4. The lowest BCUT2D eigenvalue weighted by atomic mass is 9.88. The second-order valence-corrected chi connectivity index (χ2v) is 10.1. The topological polar surface area (TPSA) is 35.9 Å². The highest BCUT2D eigenvalue weighted by Gasteiger charge is 2.28. The number of halogens is 1. The van der Waals surface area contributed by atoms with Gasteiger partial charge in [0.1, 0.15) is 23.9 Å². The second-order valence-electron chi connectivity index (χ2n) is 10.1. The third-order valence-corrected chi connectivity index (χ3v) is 7.36. The van der Waals surface area contributed by atoms with Gasteiger partial charge in [0.15, 0.2) is 0 Å². The summed E-state index contributed by atoms with van der Waals surface area (Å²) in [5, 5.41) is 10.0. The van der Waals surface area contributed by atoms with E-state index in [0.29, 0.717) is 12.4 Å². The average Bonchev–Trinajstić information content (AvgIpc) is 2.94. The Morgan fingerprint density at radius 3 is 2.42 bits per heavy atom. The predicted octanol–water partition coefficient (Wildman–Crippen LogP) is 6.43. The first-order valence-corrected chi connectivity index (χ1v) is 13.3. The zero-order valence-electron chi connectivity index (χ0n) is 21.9. The van der Waals surface area contributed by atoms with Crippen LogP contribution in [0, 0.1) is 5.82 Å². The van der Waals surface area contributed by atoms with Crippen molar-refractivity contribution < 1.29 is 14.2 Å². The first-order valence-electron chi connectivity index (χ1n) is 13.3. The largest absolute Gasteiger partial charge is 0.508 e. The molecule has 0 fully saturated rings. The van der Waals surface area contributed by atoms with Crippen molar-refractivity contribution in [3.8, 4) is 11.5 Å². The summed E-state index contributed by atoms with van der Waals surface area (Å²) >= 11 is 0. The van der Waals surface area contributed by atoms with Crippen LogP contribution in [-0.4, -0.2) is 43.3 Å². The fraction of sp³-hybridized carbons (Fsp3) is 0.273. The van der Waals surface area contributed by atoms with E-state index in [-0.39, 0.29) is 11.9 Å². The van der Waals surface area contributed by atoms with Gasteiger partial charge in [-0.1, -0.05) is 48.5 Å². The van der Waals surface area contributed by atoms with Crippen LogP contribution in [-0.2, 0) is 19.3 Å². The van der Waals surface area contributed by atoms with Crippen molar-refractivity contribution in [2.75, 3.05) is 38.2 Å². The molecule has 0 radical (unpaired) electrons. The van der Waals surface area contributed by atoms with E-state index in [0.717, 1.165) is 50.3 Å². The molecule has 1 aliphatic heterocycles. The van der Waals surface area contributed by atoms with Crippen LogP contribution in [0.4, 0.5) is 10.1 Å². The summed E-state index contributed by atoms with van der Waals surface area (Å²) in [6.07, 6.45) is 2.67. The highest BCUT2D eigenvalue weighted by molar-refractivity contribution is 5.53. The number of fused-ring (bicyclic) bond motifs is 1. The molecular formula is C33H35FN2O2. The molecule has 1 unspecified atom stereocenters. The first kappa shape index (κ1) is 25.8. The van der Waals surface area contributed by atoms with Gasteiger partial charge in [-0.2, -0.15) is 0 Å². The number of likely N-dealkylation sites (N-methyl/N-ethyl adjacent to an activating group) is 1. The van der Waals surface area contributed by atoms with E-state index in [2.05, 4.69) is 53.2 Å². The summed E-state index contributed by atoms with van der Waals surface area (Å²) in [6.45, 7) is 3.32. The van der Waals surface area contributed by atoms with Crippen LogP contribution in [0.3, 0.4) is 0 Å². The maximum Gasteiger partial charge on any atom is 0.123 e. The molecule has 0 amide bonds. The lowest BCUT2D eigenvalue weighted by Crippen LogP contribution is -2.36. The minimum absolute atomic E-state index is 0.0924. The van der Waals surface area contributed by atoms with Crippen LogP contribution in [0.5, 0.6) is 11.5 Å². The lowest BCUT2D eigenvalue weighted by Gasteiger charge is -2.39. The third-order valence-electron chi connectivity index (χ3n) is 7.36. The van der Waals surface area contributed by atoms with Crippen molar-refractivity contribution in [2.24, 2.45) is 0 Å². The summed E-state index contributed by atoms with van der Waals surface area (Å²) in [5.41, 5.74) is 5.94. The van der Waals surface area contributed by atoms with E-state index in [1.54, 1.807) is 6.07 Å². The quantitative estimate of drug-likeness (QED) is 0.267. The molecule has 5 rings (SSSR count). The van der Waals surface area contributed by atoms with Crippen LogP contribution >= 0.6 is 0 Å². The van der Waals surface area contributed by atoms with Gasteiger partial charge >= 0.3 is 0 Å². The normalized spacial score (nSPS) is 14.9. The van der Waals surface area contributed by atoms with Crippen molar-refractivity contribution >= 4 is 5.69 Å². The summed E-state index contributed by atoms with van der Waals surface area (Å²) in [7, 11) is 2.13. The lowest BCUT2D eigenvalue weighted by molar-refractivity contribution is 0.239. The van der Waals surface area contributed by atoms with Crippen LogP contribution in [0.25, 0.3) is 0 Å². The van der Waals surface area contributed by atoms with Gasteiger partial charge in [-0.05, 0) is 97.1 Å². The number of nitrogens with zero attached hydrogens (tertiary/aromatic N) is 2. The van der Waals surface area contributed by atoms with E-state index in [9.17, 15) is 9.50 Å². The van der Waals surface area contributed by atoms with Gasteiger partial charge < -0.3 is 19.6 Å². The molecule has 1 heterocycles. The van der Waals surface area contributed by atoms with Crippen molar-refractivity contribution in [2.45, 2.75) is 25.3 Å². The van der Waals surface area contributed by atoms with E-state index >= 15 is 0 Å². The fourth-order valence-electron chi connectivity index (χ4n) is 5.20. The molecule has 0 bridgehead atoms. The molecule has 0 aromatic heterocycles. The molecular weight excluding hydrogens is 475 g/mol. The number of anilines is 1. The second kappa shape index (κ2) is 12.1. The van der Waals surface area contributed by atoms with Gasteiger partial charge in [0.05, 0.1) is 6.04 Å². The van der Waals surface area contributed by atoms with E-state index in [4.69, 9.17) is 4.74 Å². The van der Waals surface area contributed by atoms with Gasteiger partial charge in [-0.3, -0.25) is 0 Å². The molecule has 1 atom stereocenters. The minimum Gasteiger partial charge on any atom is -0.508 e. The summed E-state index contributed by atoms with van der Waals surface area (Å²) in [6, 6.07) is 31.4. The molecule has 4 aromatic carbocycles. The number of rotatable bonds is 10. The molecule has 1 N–H and O–H groups in total. The van der Waals surface area contributed by atoms with Gasteiger partial charge in [-0.25, -0.2) is 4.39 Å². The SMILES string of the molecule is CN(CCOc1ccc(CC2c3ccc(O)cc3CCN2c2ccc(F)cc2)cc1)CCc1ccccc1. The number of aromatic hydroxyl groups is 1. The van der Waals surface area contributed by atoms with Crippen LogP contribution in [0.1, 0.15) is 28.3 Å². The maximum atomic E-state index is 13.6. The summed E-state index contributed by atoms with van der Waals surface area (Å²) in [5.74, 6) is 0.935. The molecule has 4 nitrogen and oxygen atoms in total. The Bertz CT molecular complexity index is 1310. The van der Waals surface area contributed by atoms with Crippen molar-refractivity contribution in [1.29, 1.82) is 0 Å². The molecule has 4 aromatic rings. The highest BCUT2D eigenvalue weighted by atomic mass is 19.1. The molecule has 0 saturated heterocycles. The number of phenols is 1. The Morgan fingerprint density at radius 2 is 1.66 bits per heavy atom. The van der Waals surface area contributed by atoms with Gasteiger partial charge in [-0.15, -0.1) is 0 Å². The zero-order valence-corrected chi connectivity index (χ0v) is 21.9. The summed E-state index contributed by atoms with van der Waals surface area (Å²) < 4.78 is 19.6. The van der Waals surface area contributed by atoms with Crippen molar-refractivity contribution in [1.82, 2.24) is 4.90 Å². The minimum atomic E-state index is -0.231.